The largest absolute Gasteiger partial charge is 0.302 e. The second-order valence-corrected chi connectivity index (χ2v) is 5.16. The van der Waals surface area contributed by atoms with Crippen LogP contribution < -0.4 is 0 Å². The number of rotatable bonds is 3. The lowest BCUT2D eigenvalue weighted by atomic mass is 9.99. The molecule has 0 spiro atoms. The van der Waals surface area contributed by atoms with E-state index in [4.69, 9.17) is 0 Å². The van der Waals surface area contributed by atoms with Crippen LogP contribution in [0.2, 0.25) is 0 Å². The second kappa shape index (κ2) is 7.18. The molecule has 0 amide bonds. The first kappa shape index (κ1) is 13.1. The molecule has 1 fully saturated rings. The molecule has 1 atom stereocenters. The minimum atomic E-state index is 0.0191. The van der Waals surface area contributed by atoms with Crippen molar-refractivity contribution in [2.75, 3.05) is 19.6 Å². The zero-order chi connectivity index (χ0) is 12.6. The Balaban J connectivity index is 1.95. The summed E-state index contributed by atoms with van der Waals surface area (Å²) < 4.78 is 0. The molecule has 1 aromatic rings. The third-order valence-electron chi connectivity index (χ3n) is 3.75. The molecule has 1 aromatic carbocycles. The van der Waals surface area contributed by atoms with Crippen LogP contribution in [-0.2, 0) is 0 Å². The number of likely N-dealkylation sites (tertiary alicyclic amines) is 1. The van der Waals surface area contributed by atoms with Crippen molar-refractivity contribution < 1.29 is 0 Å². The van der Waals surface area contributed by atoms with Gasteiger partial charge >= 0.3 is 0 Å². The predicted molar refractivity (Wildman–Crippen MR) is 74.3 cm³/mol. The van der Waals surface area contributed by atoms with Gasteiger partial charge in [0.1, 0.15) is 0 Å². The van der Waals surface area contributed by atoms with Gasteiger partial charge in [-0.25, -0.2) is 0 Å². The molecule has 0 N–H and O–H groups in total. The summed E-state index contributed by atoms with van der Waals surface area (Å²) in [6.07, 6.45) is 6.65. The van der Waals surface area contributed by atoms with Gasteiger partial charge in [-0.1, -0.05) is 49.6 Å². The fourth-order valence-corrected chi connectivity index (χ4v) is 2.66. The molecule has 0 aliphatic carbocycles. The average Bonchev–Trinajstić information content (AvgIpc) is 2.39. The van der Waals surface area contributed by atoms with Gasteiger partial charge in [0.2, 0.25) is 0 Å². The summed E-state index contributed by atoms with van der Waals surface area (Å²) in [5.74, 6) is 0.0191. The van der Waals surface area contributed by atoms with Crippen molar-refractivity contribution in [2.45, 2.75) is 38.0 Å². The zero-order valence-electron chi connectivity index (χ0n) is 11.0. The lowest BCUT2D eigenvalue weighted by Gasteiger charge is -2.26. The molecule has 1 aliphatic rings. The van der Waals surface area contributed by atoms with E-state index in [1.54, 1.807) is 0 Å². The van der Waals surface area contributed by atoms with E-state index in [-0.39, 0.29) is 5.92 Å². The van der Waals surface area contributed by atoms with E-state index in [0.29, 0.717) is 0 Å². The fraction of sp³-hybridized carbons (Fsp3) is 0.562. The quantitative estimate of drug-likeness (QED) is 0.810. The van der Waals surface area contributed by atoms with Gasteiger partial charge in [0, 0.05) is 6.54 Å². The zero-order valence-corrected chi connectivity index (χ0v) is 11.0. The van der Waals surface area contributed by atoms with E-state index < -0.39 is 0 Å². The second-order valence-electron chi connectivity index (χ2n) is 5.16. The normalized spacial score (nSPS) is 19.5. The first-order valence-corrected chi connectivity index (χ1v) is 7.07. The Hall–Kier alpha value is -1.33. The molecule has 1 saturated heterocycles. The van der Waals surface area contributed by atoms with E-state index in [9.17, 15) is 5.26 Å². The minimum absolute atomic E-state index is 0.0191. The third kappa shape index (κ3) is 3.85. The molecule has 96 valence electrons. The van der Waals surface area contributed by atoms with Crippen molar-refractivity contribution in [3.05, 3.63) is 35.9 Å². The Morgan fingerprint density at radius 2 is 1.61 bits per heavy atom. The van der Waals surface area contributed by atoms with Crippen molar-refractivity contribution in [1.82, 2.24) is 4.90 Å². The number of nitrogens with zero attached hydrogens (tertiary/aromatic N) is 2. The monoisotopic (exact) mass is 242 g/mol. The van der Waals surface area contributed by atoms with Crippen LogP contribution in [0.4, 0.5) is 0 Å². The summed E-state index contributed by atoms with van der Waals surface area (Å²) in [5, 5.41) is 9.36. The highest BCUT2D eigenvalue weighted by molar-refractivity contribution is 5.25. The SMILES string of the molecule is N#CC(CN1CCCCCCC1)c1ccccc1. The van der Waals surface area contributed by atoms with Crippen LogP contribution in [-0.4, -0.2) is 24.5 Å². The van der Waals surface area contributed by atoms with Crippen LogP contribution in [0.5, 0.6) is 0 Å². The highest BCUT2D eigenvalue weighted by atomic mass is 15.1. The van der Waals surface area contributed by atoms with Crippen LogP contribution >= 0.6 is 0 Å². The maximum atomic E-state index is 9.36. The fourth-order valence-electron chi connectivity index (χ4n) is 2.66. The number of hydrogen-bond donors (Lipinski definition) is 0. The van der Waals surface area contributed by atoms with Gasteiger partial charge in [0.15, 0.2) is 0 Å². The lowest BCUT2D eigenvalue weighted by molar-refractivity contribution is 0.243. The molecule has 2 nitrogen and oxygen atoms in total. The molecule has 2 heteroatoms. The smallest absolute Gasteiger partial charge is 0.0839 e. The lowest BCUT2D eigenvalue weighted by Crippen LogP contribution is -2.31. The Morgan fingerprint density at radius 1 is 1.00 bits per heavy atom. The van der Waals surface area contributed by atoms with Crippen molar-refractivity contribution in [3.63, 3.8) is 0 Å². The molecule has 0 saturated carbocycles. The summed E-state index contributed by atoms with van der Waals surface area (Å²) in [7, 11) is 0. The van der Waals surface area contributed by atoms with Crippen LogP contribution in [0.3, 0.4) is 0 Å². The van der Waals surface area contributed by atoms with Gasteiger partial charge < -0.3 is 4.90 Å². The van der Waals surface area contributed by atoms with Gasteiger partial charge in [-0.3, -0.25) is 0 Å². The predicted octanol–water partition coefficient (Wildman–Crippen LogP) is 3.56. The van der Waals surface area contributed by atoms with Crippen LogP contribution in [0.25, 0.3) is 0 Å². The van der Waals surface area contributed by atoms with Crippen LogP contribution in [0.15, 0.2) is 30.3 Å². The molecule has 2 rings (SSSR count). The highest BCUT2D eigenvalue weighted by Gasteiger charge is 2.16. The molecule has 0 bridgehead atoms. The first-order chi connectivity index (χ1) is 8.90. The van der Waals surface area contributed by atoms with E-state index >= 15 is 0 Å². The highest BCUT2D eigenvalue weighted by Crippen LogP contribution is 2.18. The molecule has 0 radical (unpaired) electrons. The third-order valence-corrected chi connectivity index (χ3v) is 3.75. The average molecular weight is 242 g/mol. The summed E-state index contributed by atoms with van der Waals surface area (Å²) in [4.78, 5) is 2.47. The van der Waals surface area contributed by atoms with Crippen LogP contribution in [0.1, 0.15) is 43.6 Å². The van der Waals surface area contributed by atoms with Gasteiger partial charge in [0.25, 0.3) is 0 Å². The van der Waals surface area contributed by atoms with Gasteiger partial charge in [-0.2, -0.15) is 5.26 Å². The Kier molecular flexibility index (Phi) is 5.23. The van der Waals surface area contributed by atoms with Gasteiger partial charge in [0.05, 0.1) is 12.0 Å². The van der Waals surface area contributed by atoms with E-state index in [1.807, 2.05) is 18.2 Å². The summed E-state index contributed by atoms with van der Waals surface area (Å²) >= 11 is 0. The number of hydrogen-bond acceptors (Lipinski definition) is 2. The standard InChI is InChI=1S/C16H22N2/c17-13-16(15-9-5-4-6-10-15)14-18-11-7-2-1-3-8-12-18/h4-6,9-10,16H,1-3,7-8,11-12,14H2. The van der Waals surface area contributed by atoms with E-state index in [2.05, 4.69) is 23.1 Å². The molecule has 1 heterocycles. The van der Waals surface area contributed by atoms with Crippen molar-refractivity contribution in [2.24, 2.45) is 0 Å². The van der Waals surface area contributed by atoms with Crippen LogP contribution in [0, 0.1) is 11.3 Å². The number of nitriles is 1. The van der Waals surface area contributed by atoms with E-state index in [1.165, 1.54) is 32.1 Å². The van der Waals surface area contributed by atoms with Gasteiger partial charge in [-0.05, 0) is 31.5 Å². The Labute approximate surface area is 110 Å². The van der Waals surface area contributed by atoms with E-state index in [0.717, 1.165) is 25.2 Å². The Bertz CT molecular complexity index is 372. The summed E-state index contributed by atoms with van der Waals surface area (Å²) in [6.45, 7) is 3.20. The minimum Gasteiger partial charge on any atom is -0.302 e. The van der Waals surface area contributed by atoms with Crippen molar-refractivity contribution in [1.29, 1.82) is 5.26 Å². The van der Waals surface area contributed by atoms with Crippen molar-refractivity contribution in [3.8, 4) is 6.07 Å². The maximum Gasteiger partial charge on any atom is 0.0839 e. The molecular weight excluding hydrogens is 220 g/mol. The molecule has 0 aromatic heterocycles. The molecule has 1 aliphatic heterocycles. The first-order valence-electron chi connectivity index (χ1n) is 7.07. The summed E-state index contributed by atoms with van der Waals surface area (Å²) in [6, 6.07) is 12.6. The number of benzene rings is 1. The maximum absolute atomic E-state index is 9.36. The van der Waals surface area contributed by atoms with Crippen molar-refractivity contribution >= 4 is 0 Å². The molecule has 1 unspecified atom stereocenters. The molecule has 18 heavy (non-hydrogen) atoms. The molecular formula is C16H22N2. The Morgan fingerprint density at radius 3 is 2.22 bits per heavy atom. The topological polar surface area (TPSA) is 27.0 Å². The summed E-state index contributed by atoms with van der Waals surface area (Å²) in [5.41, 5.74) is 1.15. The van der Waals surface area contributed by atoms with Gasteiger partial charge in [-0.15, -0.1) is 0 Å².